The van der Waals surface area contributed by atoms with Crippen molar-refractivity contribution in [3.8, 4) is 0 Å². The molecule has 0 spiro atoms. The van der Waals surface area contributed by atoms with E-state index in [4.69, 9.17) is 5.73 Å². The molecule has 5 nitrogen and oxygen atoms in total. The van der Waals surface area contributed by atoms with Gasteiger partial charge in [0.1, 0.15) is 6.04 Å². The Hall–Kier alpha value is -2.66. The van der Waals surface area contributed by atoms with Crippen molar-refractivity contribution < 1.29 is 14.3 Å². The zero-order valence-corrected chi connectivity index (χ0v) is 18.2. The Labute approximate surface area is 180 Å². The SMILES string of the molecule is CCC(CCC[C@H](N)C(=O)OC)NC(=O)[C@@H](C)C(c1ccccc1)c1ccccc1. The molecule has 0 heterocycles. The first-order chi connectivity index (χ1) is 14.5. The number of hydrogen-bond acceptors (Lipinski definition) is 4. The van der Waals surface area contributed by atoms with Crippen molar-refractivity contribution in [2.45, 2.75) is 57.5 Å². The van der Waals surface area contributed by atoms with Gasteiger partial charge >= 0.3 is 5.97 Å². The monoisotopic (exact) mass is 410 g/mol. The van der Waals surface area contributed by atoms with Gasteiger partial charge in [0, 0.05) is 17.9 Å². The highest BCUT2D eigenvalue weighted by Crippen LogP contribution is 2.32. The van der Waals surface area contributed by atoms with Gasteiger partial charge < -0.3 is 15.8 Å². The zero-order valence-electron chi connectivity index (χ0n) is 18.2. The largest absolute Gasteiger partial charge is 0.468 e. The third kappa shape index (κ3) is 6.70. The molecule has 0 aliphatic carbocycles. The number of carbonyl (C=O) groups excluding carboxylic acids is 2. The van der Waals surface area contributed by atoms with E-state index in [1.54, 1.807) is 0 Å². The Kier molecular flexibility index (Phi) is 9.55. The van der Waals surface area contributed by atoms with Crippen LogP contribution in [-0.4, -0.2) is 31.1 Å². The van der Waals surface area contributed by atoms with Crippen LogP contribution in [0, 0.1) is 5.92 Å². The van der Waals surface area contributed by atoms with Crippen molar-refractivity contribution in [2.75, 3.05) is 7.11 Å². The Morgan fingerprint density at radius 3 is 1.97 bits per heavy atom. The minimum Gasteiger partial charge on any atom is -0.468 e. The number of methoxy groups -OCH3 is 1. The molecule has 162 valence electrons. The van der Waals surface area contributed by atoms with Crippen LogP contribution in [0.2, 0.25) is 0 Å². The number of amides is 1. The van der Waals surface area contributed by atoms with Gasteiger partial charge in [-0.15, -0.1) is 0 Å². The summed E-state index contributed by atoms with van der Waals surface area (Å²) in [6, 6.07) is 19.8. The molecule has 2 aromatic rings. The van der Waals surface area contributed by atoms with Gasteiger partial charge in [-0.25, -0.2) is 0 Å². The molecule has 0 aliphatic rings. The predicted octanol–water partition coefficient (Wildman–Crippen LogP) is 4.02. The maximum Gasteiger partial charge on any atom is 0.322 e. The zero-order chi connectivity index (χ0) is 21.9. The highest BCUT2D eigenvalue weighted by molar-refractivity contribution is 5.80. The fraction of sp³-hybridized carbons (Fsp3) is 0.440. The molecular weight excluding hydrogens is 376 g/mol. The summed E-state index contributed by atoms with van der Waals surface area (Å²) < 4.78 is 4.67. The lowest BCUT2D eigenvalue weighted by atomic mass is 9.81. The Morgan fingerprint density at radius 2 is 1.50 bits per heavy atom. The van der Waals surface area contributed by atoms with Gasteiger partial charge in [-0.05, 0) is 36.8 Å². The predicted molar refractivity (Wildman–Crippen MR) is 120 cm³/mol. The minimum atomic E-state index is -0.609. The first-order valence-electron chi connectivity index (χ1n) is 10.7. The molecule has 1 amide bonds. The highest BCUT2D eigenvalue weighted by Gasteiger charge is 2.28. The van der Waals surface area contributed by atoms with E-state index in [1.165, 1.54) is 7.11 Å². The molecule has 0 radical (unpaired) electrons. The number of benzene rings is 2. The topological polar surface area (TPSA) is 81.4 Å². The van der Waals surface area contributed by atoms with Crippen molar-refractivity contribution in [3.63, 3.8) is 0 Å². The Balaban J connectivity index is 2.04. The molecule has 0 fully saturated rings. The van der Waals surface area contributed by atoms with Gasteiger partial charge in [-0.3, -0.25) is 9.59 Å². The molecule has 5 heteroatoms. The van der Waals surface area contributed by atoms with Crippen LogP contribution in [0.25, 0.3) is 0 Å². The van der Waals surface area contributed by atoms with Crippen molar-refractivity contribution in [3.05, 3.63) is 71.8 Å². The summed E-state index contributed by atoms with van der Waals surface area (Å²) in [7, 11) is 1.34. The lowest BCUT2D eigenvalue weighted by Crippen LogP contribution is -2.40. The van der Waals surface area contributed by atoms with Crippen LogP contribution in [0.3, 0.4) is 0 Å². The smallest absolute Gasteiger partial charge is 0.322 e. The number of ether oxygens (including phenoxy) is 1. The second-order valence-corrected chi connectivity index (χ2v) is 7.76. The number of nitrogens with one attached hydrogen (secondary N) is 1. The molecule has 30 heavy (non-hydrogen) atoms. The number of nitrogens with two attached hydrogens (primary N) is 1. The van der Waals surface area contributed by atoms with Crippen molar-refractivity contribution in [1.29, 1.82) is 0 Å². The van der Waals surface area contributed by atoms with E-state index in [-0.39, 0.29) is 23.8 Å². The van der Waals surface area contributed by atoms with Crippen LogP contribution >= 0.6 is 0 Å². The average Bonchev–Trinajstić information content (AvgIpc) is 2.79. The number of rotatable bonds is 11. The second-order valence-electron chi connectivity index (χ2n) is 7.76. The van der Waals surface area contributed by atoms with E-state index in [0.29, 0.717) is 6.42 Å². The lowest BCUT2D eigenvalue weighted by Gasteiger charge is -2.27. The quantitative estimate of drug-likeness (QED) is 0.548. The van der Waals surface area contributed by atoms with Crippen molar-refractivity contribution in [1.82, 2.24) is 5.32 Å². The molecule has 2 rings (SSSR count). The molecule has 0 aromatic heterocycles. The highest BCUT2D eigenvalue weighted by atomic mass is 16.5. The summed E-state index contributed by atoms with van der Waals surface area (Å²) in [5, 5.41) is 3.21. The maximum absolute atomic E-state index is 13.1. The third-order valence-corrected chi connectivity index (χ3v) is 5.64. The molecule has 3 atom stereocenters. The summed E-state index contributed by atoms with van der Waals surface area (Å²) >= 11 is 0. The maximum atomic E-state index is 13.1. The van der Waals surface area contributed by atoms with Crippen LogP contribution in [0.1, 0.15) is 56.6 Å². The first-order valence-corrected chi connectivity index (χ1v) is 10.7. The van der Waals surface area contributed by atoms with E-state index in [2.05, 4.69) is 41.2 Å². The summed E-state index contributed by atoms with van der Waals surface area (Å²) in [4.78, 5) is 24.6. The molecule has 0 saturated carbocycles. The van der Waals surface area contributed by atoms with Crippen LogP contribution in [-0.2, 0) is 14.3 Å². The first kappa shape index (κ1) is 23.6. The van der Waals surface area contributed by atoms with Crippen LogP contribution < -0.4 is 11.1 Å². The molecule has 0 aliphatic heterocycles. The van der Waals surface area contributed by atoms with Crippen LogP contribution in [0.15, 0.2) is 60.7 Å². The molecule has 0 saturated heterocycles. The van der Waals surface area contributed by atoms with E-state index in [1.807, 2.05) is 43.3 Å². The van der Waals surface area contributed by atoms with Crippen LogP contribution in [0.4, 0.5) is 0 Å². The van der Waals surface area contributed by atoms with Gasteiger partial charge in [0.05, 0.1) is 7.11 Å². The van der Waals surface area contributed by atoms with Gasteiger partial charge in [-0.2, -0.15) is 0 Å². The third-order valence-electron chi connectivity index (χ3n) is 5.64. The molecule has 0 bridgehead atoms. The molecular formula is C25H34N2O3. The molecule has 1 unspecified atom stereocenters. The fourth-order valence-corrected chi connectivity index (χ4v) is 3.81. The fourth-order valence-electron chi connectivity index (χ4n) is 3.81. The van der Waals surface area contributed by atoms with E-state index >= 15 is 0 Å². The summed E-state index contributed by atoms with van der Waals surface area (Å²) in [5.41, 5.74) is 8.07. The van der Waals surface area contributed by atoms with Crippen molar-refractivity contribution in [2.24, 2.45) is 11.7 Å². The molecule has 2 aromatic carbocycles. The normalized spacial score (nSPS) is 14.0. The van der Waals surface area contributed by atoms with Gasteiger partial charge in [0.15, 0.2) is 0 Å². The lowest BCUT2D eigenvalue weighted by molar-refractivity contribution is -0.142. The number of carbonyl (C=O) groups is 2. The van der Waals surface area contributed by atoms with E-state index in [9.17, 15) is 9.59 Å². The van der Waals surface area contributed by atoms with Gasteiger partial charge in [0.25, 0.3) is 0 Å². The molecule has 3 N–H and O–H groups in total. The standard InChI is InChI=1S/C25H34N2O3/c1-4-21(16-11-17-22(26)25(29)30-3)27-24(28)18(2)23(19-12-7-5-8-13-19)20-14-9-6-10-15-20/h5-10,12-15,18,21-23H,4,11,16-17,26H2,1-3H3,(H,27,28)/t18-,21?,22-/m0/s1. The Bertz CT molecular complexity index is 740. The van der Waals surface area contributed by atoms with E-state index in [0.717, 1.165) is 30.4 Å². The van der Waals surface area contributed by atoms with E-state index < -0.39 is 12.0 Å². The van der Waals surface area contributed by atoms with Gasteiger partial charge in [-0.1, -0.05) is 74.5 Å². The summed E-state index contributed by atoms with van der Waals surface area (Å²) in [5.74, 6) is -0.593. The number of esters is 1. The number of hydrogen-bond donors (Lipinski definition) is 2. The average molecular weight is 411 g/mol. The summed E-state index contributed by atoms with van der Waals surface area (Å²) in [6.07, 6.45) is 2.91. The van der Waals surface area contributed by atoms with Crippen molar-refractivity contribution >= 4 is 11.9 Å². The minimum absolute atomic E-state index is 0.0161. The summed E-state index contributed by atoms with van der Waals surface area (Å²) in [6.45, 7) is 4.04. The van der Waals surface area contributed by atoms with Gasteiger partial charge in [0.2, 0.25) is 5.91 Å². The second kappa shape index (κ2) is 12.1. The Morgan fingerprint density at radius 1 is 0.967 bits per heavy atom. The van der Waals surface area contributed by atoms with Crippen LogP contribution in [0.5, 0.6) is 0 Å².